The van der Waals surface area contributed by atoms with Crippen molar-refractivity contribution in [3.63, 3.8) is 0 Å². The molecule has 0 spiro atoms. The van der Waals surface area contributed by atoms with Crippen molar-refractivity contribution in [3.8, 4) is 22.3 Å². The fourth-order valence-corrected chi connectivity index (χ4v) is 15.6. The molecule has 0 amide bonds. The third kappa shape index (κ3) is 5.04. The molecule has 1 unspecified atom stereocenters. The number of hydrogen-bond acceptors (Lipinski definition) is 0. The molecule has 8 aromatic carbocycles. The lowest BCUT2D eigenvalue weighted by Gasteiger charge is -2.42. The van der Waals surface area contributed by atoms with Crippen LogP contribution in [0.15, 0.2) is 169 Å². The smallest absolute Gasteiger partial charge is 0.0126 e. The van der Waals surface area contributed by atoms with Gasteiger partial charge in [0.25, 0.3) is 0 Å². The predicted octanol–water partition coefficient (Wildman–Crippen LogP) is 15.3. The van der Waals surface area contributed by atoms with Crippen LogP contribution < -0.4 is 0 Å². The first-order valence-electron chi connectivity index (χ1n) is 19.5. The average Bonchev–Trinajstić information content (AvgIpc) is 3.51. The fraction of sp³-hybridized carbons (Fsp3) is 0.154. The number of fused-ring (bicyclic) bond motifs is 14. The van der Waals surface area contributed by atoms with Crippen LogP contribution in [0.5, 0.6) is 0 Å². The molecule has 54 heavy (non-hydrogen) atoms. The second kappa shape index (κ2) is 12.6. The van der Waals surface area contributed by atoms with Crippen LogP contribution in [0.4, 0.5) is 0 Å². The summed E-state index contributed by atoms with van der Waals surface area (Å²) in [6.45, 7) is 5.08. The molecule has 260 valence electrons. The van der Waals surface area contributed by atoms with Crippen molar-refractivity contribution in [1.29, 1.82) is 0 Å². The monoisotopic (exact) mass is 728 g/mol. The third-order valence-corrected chi connectivity index (χ3v) is 18.9. The summed E-state index contributed by atoms with van der Waals surface area (Å²) in [6.07, 6.45) is 11.0. The Morgan fingerprint density at radius 2 is 0.778 bits per heavy atom. The van der Waals surface area contributed by atoms with Gasteiger partial charge in [0.05, 0.1) is 0 Å². The largest absolute Gasteiger partial charge is 0.0871 e. The number of rotatable bonds is 2. The van der Waals surface area contributed by atoms with E-state index in [2.05, 4.69) is 172 Å². The maximum absolute atomic E-state index is 2.70. The van der Waals surface area contributed by atoms with Crippen LogP contribution in [0, 0.1) is 0 Å². The fourth-order valence-electron chi connectivity index (χ4n) is 9.94. The first-order valence-corrected chi connectivity index (χ1v) is 22.9. The van der Waals surface area contributed by atoms with Gasteiger partial charge in [-0.15, -0.1) is 0 Å². The molecule has 1 aliphatic carbocycles. The SMILES string of the molecule is CC1=CC(P2Cc3ccc4ccccc4c3-c3c(ccc4ccccc34)C2)=CCC1(C)P1Cc2ccc3ccccc3c2-c2c(ccc3ccccc23)C1. The molecule has 0 saturated carbocycles. The van der Waals surface area contributed by atoms with Crippen molar-refractivity contribution in [3.05, 3.63) is 191 Å². The zero-order chi connectivity index (χ0) is 36.0. The second-order valence-corrected chi connectivity index (χ2v) is 20.9. The lowest BCUT2D eigenvalue weighted by Crippen LogP contribution is -2.27. The van der Waals surface area contributed by atoms with Gasteiger partial charge in [0.1, 0.15) is 0 Å². The Kier molecular flexibility index (Phi) is 7.60. The third-order valence-electron chi connectivity index (χ3n) is 13.0. The first kappa shape index (κ1) is 32.6. The molecule has 0 N–H and O–H groups in total. The van der Waals surface area contributed by atoms with Crippen molar-refractivity contribution in [2.75, 3.05) is 0 Å². The predicted molar refractivity (Wildman–Crippen MR) is 237 cm³/mol. The van der Waals surface area contributed by atoms with E-state index in [9.17, 15) is 0 Å². The molecular weight excluding hydrogens is 687 g/mol. The molecule has 0 bridgehead atoms. The zero-order valence-electron chi connectivity index (χ0n) is 30.9. The van der Waals surface area contributed by atoms with Crippen molar-refractivity contribution >= 4 is 58.9 Å². The summed E-state index contributed by atoms with van der Waals surface area (Å²) in [5, 5.41) is 12.6. The van der Waals surface area contributed by atoms with Crippen LogP contribution in [0.3, 0.4) is 0 Å². The summed E-state index contributed by atoms with van der Waals surface area (Å²) in [5.74, 6) is 0. The van der Waals surface area contributed by atoms with Crippen molar-refractivity contribution in [2.24, 2.45) is 0 Å². The van der Waals surface area contributed by atoms with E-state index in [1.54, 1.807) is 10.9 Å². The summed E-state index contributed by atoms with van der Waals surface area (Å²) < 4.78 is 0. The molecule has 0 saturated heterocycles. The van der Waals surface area contributed by atoms with Gasteiger partial charge in [-0.05, 0) is 131 Å². The van der Waals surface area contributed by atoms with Gasteiger partial charge in [-0.25, -0.2) is 0 Å². The van der Waals surface area contributed by atoms with Gasteiger partial charge in [-0.3, -0.25) is 0 Å². The molecule has 3 aliphatic rings. The van der Waals surface area contributed by atoms with Crippen LogP contribution in [0.25, 0.3) is 65.3 Å². The van der Waals surface area contributed by atoms with Gasteiger partial charge >= 0.3 is 0 Å². The van der Waals surface area contributed by atoms with E-state index in [0.29, 0.717) is 0 Å². The van der Waals surface area contributed by atoms with Gasteiger partial charge in [-0.1, -0.05) is 186 Å². The maximum Gasteiger partial charge on any atom is 0.0126 e. The van der Waals surface area contributed by atoms with Crippen LogP contribution in [-0.4, -0.2) is 5.16 Å². The highest BCUT2D eigenvalue weighted by Gasteiger charge is 2.40. The zero-order valence-corrected chi connectivity index (χ0v) is 32.7. The minimum Gasteiger partial charge on any atom is -0.0871 e. The highest BCUT2D eigenvalue weighted by Crippen LogP contribution is 2.66. The molecule has 0 radical (unpaired) electrons. The average molecular weight is 729 g/mol. The topological polar surface area (TPSA) is 0 Å². The molecule has 8 aromatic rings. The summed E-state index contributed by atoms with van der Waals surface area (Å²) in [7, 11) is -0.817. The summed E-state index contributed by atoms with van der Waals surface area (Å²) in [6, 6.07) is 55.4. The van der Waals surface area contributed by atoms with Crippen LogP contribution >= 0.6 is 15.8 Å². The van der Waals surface area contributed by atoms with E-state index in [-0.39, 0.29) is 5.16 Å². The van der Waals surface area contributed by atoms with Gasteiger partial charge < -0.3 is 0 Å². The minimum atomic E-state index is -0.424. The highest BCUT2D eigenvalue weighted by molar-refractivity contribution is 7.61. The Labute approximate surface area is 320 Å². The molecule has 0 fully saturated rings. The molecule has 0 nitrogen and oxygen atoms in total. The highest BCUT2D eigenvalue weighted by atomic mass is 31.1. The standard InChI is InChI=1S/C52H42P2/c1-34-29-43(53-30-39-23-19-35-11-3-7-15-44(35)48(39)49-40(31-53)24-20-36-12-4-8-16-45(36)49)27-28-52(34,2)54-32-41-25-21-37-13-5-9-17-46(37)50(41)51-42(33-54)26-22-38-14-6-10-18-47(38)51/h3-27,29H,28,30-33H2,1-2H3. The Morgan fingerprint density at radius 3 is 1.15 bits per heavy atom. The normalized spacial score (nSPS) is 18.7. The molecule has 11 rings (SSSR count). The van der Waals surface area contributed by atoms with Crippen LogP contribution in [0.2, 0.25) is 0 Å². The molecule has 2 aliphatic heterocycles. The van der Waals surface area contributed by atoms with E-state index < -0.39 is 15.8 Å². The Bertz CT molecular complexity index is 2740. The molecular formula is C52H42P2. The van der Waals surface area contributed by atoms with E-state index in [1.165, 1.54) is 87.6 Å². The minimum absolute atomic E-state index is 0.137. The number of allylic oxidation sites excluding steroid dienone is 4. The second-order valence-electron chi connectivity index (χ2n) is 15.9. The first-order chi connectivity index (χ1) is 26.5. The lowest BCUT2D eigenvalue weighted by molar-refractivity contribution is 0.722. The van der Waals surface area contributed by atoms with E-state index >= 15 is 0 Å². The van der Waals surface area contributed by atoms with E-state index in [4.69, 9.17) is 0 Å². The Morgan fingerprint density at radius 1 is 0.426 bits per heavy atom. The van der Waals surface area contributed by atoms with Gasteiger partial charge in [-0.2, -0.15) is 0 Å². The van der Waals surface area contributed by atoms with E-state index in [1.807, 2.05) is 0 Å². The Balaban J connectivity index is 1.01. The van der Waals surface area contributed by atoms with Crippen LogP contribution in [-0.2, 0) is 24.6 Å². The quantitative estimate of drug-likeness (QED) is 0.156. The molecule has 2 heteroatoms. The van der Waals surface area contributed by atoms with Gasteiger partial charge in [0, 0.05) is 5.16 Å². The van der Waals surface area contributed by atoms with Crippen molar-refractivity contribution in [2.45, 2.75) is 50.1 Å². The van der Waals surface area contributed by atoms with E-state index in [0.717, 1.165) is 31.1 Å². The lowest BCUT2D eigenvalue weighted by atomic mass is 9.88. The van der Waals surface area contributed by atoms with Crippen LogP contribution in [0.1, 0.15) is 42.5 Å². The molecule has 1 atom stereocenters. The maximum atomic E-state index is 2.70. The number of hydrogen-bond donors (Lipinski definition) is 0. The van der Waals surface area contributed by atoms with Gasteiger partial charge in [0.2, 0.25) is 0 Å². The summed E-state index contributed by atoms with van der Waals surface area (Å²) in [5.41, 5.74) is 13.5. The van der Waals surface area contributed by atoms with Crippen molar-refractivity contribution < 1.29 is 0 Å². The summed E-state index contributed by atoms with van der Waals surface area (Å²) in [4.78, 5) is 0. The molecule has 0 aromatic heterocycles. The number of benzene rings is 8. The summed E-state index contributed by atoms with van der Waals surface area (Å²) >= 11 is 0. The molecule has 2 heterocycles. The van der Waals surface area contributed by atoms with Gasteiger partial charge in [0.15, 0.2) is 0 Å². The van der Waals surface area contributed by atoms with Crippen molar-refractivity contribution in [1.82, 2.24) is 0 Å². The Hall–Kier alpha value is -4.86.